The van der Waals surface area contributed by atoms with Gasteiger partial charge in [-0.3, -0.25) is 0 Å². The smallest absolute Gasteiger partial charge is 1.00 e. The maximum absolute atomic E-state index is 2.89. The molecule has 9 rings (SSSR count). The van der Waals surface area contributed by atoms with Crippen molar-refractivity contribution in [2.45, 2.75) is 56.0 Å². The van der Waals surface area contributed by atoms with Crippen molar-refractivity contribution in [2.75, 3.05) is 0 Å². The number of benzene rings is 6. The van der Waals surface area contributed by atoms with Gasteiger partial charge < -0.3 is 24.8 Å². The van der Waals surface area contributed by atoms with Gasteiger partial charge in [0.2, 0.25) is 0 Å². The number of halogens is 2. The molecular formula is C48H46Cl2Zr. The van der Waals surface area contributed by atoms with Crippen LogP contribution in [0.4, 0.5) is 0 Å². The maximum Gasteiger partial charge on any atom is -1.00 e. The number of fused-ring (bicyclic) bond motifs is 4. The number of allylic oxidation sites excluding steroid dienone is 2. The molecule has 0 amide bonds. The third kappa shape index (κ3) is 5.93. The van der Waals surface area contributed by atoms with Crippen LogP contribution in [-0.4, -0.2) is 0 Å². The third-order valence-electron chi connectivity index (χ3n) is 12.7. The number of hydrogen-bond donors (Lipinski definition) is 0. The van der Waals surface area contributed by atoms with E-state index in [-0.39, 0.29) is 24.8 Å². The second kappa shape index (κ2) is 14.3. The van der Waals surface area contributed by atoms with Crippen LogP contribution in [0.5, 0.6) is 0 Å². The Kier molecular flexibility index (Phi) is 10.1. The first-order valence-electron chi connectivity index (χ1n) is 18.7. The third-order valence-corrected chi connectivity index (χ3v) is 25.5. The summed E-state index contributed by atoms with van der Waals surface area (Å²) in [5, 5.41) is 5.27. The van der Waals surface area contributed by atoms with Crippen molar-refractivity contribution in [3.63, 3.8) is 0 Å². The molecule has 256 valence electrons. The molecule has 3 heteroatoms. The van der Waals surface area contributed by atoms with E-state index in [0.717, 1.165) is 0 Å². The normalized spacial score (nSPS) is 18.7. The van der Waals surface area contributed by atoms with Gasteiger partial charge in [-0.25, -0.2) is 0 Å². The van der Waals surface area contributed by atoms with Crippen molar-refractivity contribution in [3.8, 4) is 22.3 Å². The summed E-state index contributed by atoms with van der Waals surface area (Å²) in [6, 6.07) is 46.3. The SMILES string of the molecule is CCC(C)C1=Cc2c(-c3ccc4ccccc4c3)cccc2[CH]1[Zr+2]1([CH]2C(C(C)CC)=Cc3c(-c4ccc5ccccc5c4)cccc32)[CH2][CH2]1.[Cl-].[Cl-]. The Hall–Kier alpha value is -3.22. The predicted molar refractivity (Wildman–Crippen MR) is 209 cm³/mol. The molecule has 51 heavy (non-hydrogen) atoms. The van der Waals surface area contributed by atoms with E-state index in [1.165, 1.54) is 76.0 Å². The Balaban J connectivity index is 0.00000203. The van der Waals surface area contributed by atoms with Gasteiger partial charge in [0.25, 0.3) is 0 Å². The fourth-order valence-corrected chi connectivity index (χ4v) is 27.5. The molecule has 3 aliphatic rings. The molecule has 1 heterocycles. The van der Waals surface area contributed by atoms with Crippen LogP contribution in [0.3, 0.4) is 0 Å². The molecule has 4 atom stereocenters. The largest absolute Gasteiger partial charge is 1.00 e. The van der Waals surface area contributed by atoms with Crippen molar-refractivity contribution in [2.24, 2.45) is 11.8 Å². The summed E-state index contributed by atoms with van der Waals surface area (Å²) in [4.78, 5) is 0. The molecule has 0 N–H and O–H groups in total. The van der Waals surface area contributed by atoms with Crippen LogP contribution in [0.2, 0.25) is 8.26 Å². The molecule has 0 saturated carbocycles. The van der Waals surface area contributed by atoms with E-state index in [4.69, 9.17) is 0 Å². The van der Waals surface area contributed by atoms with E-state index in [1.54, 1.807) is 22.3 Å². The van der Waals surface area contributed by atoms with Crippen LogP contribution < -0.4 is 24.8 Å². The van der Waals surface area contributed by atoms with Gasteiger partial charge >= 0.3 is 299 Å². The van der Waals surface area contributed by atoms with Gasteiger partial charge in [0.05, 0.1) is 0 Å². The van der Waals surface area contributed by atoms with Crippen molar-refractivity contribution >= 4 is 33.7 Å². The molecule has 1 saturated heterocycles. The summed E-state index contributed by atoms with van der Waals surface area (Å²) in [7, 11) is 0. The molecule has 0 aromatic heterocycles. The molecule has 0 spiro atoms. The summed E-state index contributed by atoms with van der Waals surface area (Å²) in [6.45, 7) is 9.81. The van der Waals surface area contributed by atoms with Crippen molar-refractivity contribution in [3.05, 3.63) is 155 Å². The predicted octanol–water partition coefficient (Wildman–Crippen LogP) is 8.01. The zero-order valence-corrected chi connectivity index (χ0v) is 34.1. The molecule has 4 unspecified atom stereocenters. The summed E-state index contributed by atoms with van der Waals surface area (Å²) in [5.74, 6) is 1.19. The van der Waals surface area contributed by atoms with E-state index in [0.29, 0.717) is 19.1 Å². The molecule has 2 aliphatic carbocycles. The maximum atomic E-state index is 2.68. The Morgan fingerprint density at radius 3 is 1.31 bits per heavy atom. The Morgan fingerprint density at radius 1 is 0.510 bits per heavy atom. The van der Waals surface area contributed by atoms with Gasteiger partial charge in [0.1, 0.15) is 0 Å². The minimum atomic E-state index is -2.89. The van der Waals surface area contributed by atoms with Gasteiger partial charge in [-0.2, -0.15) is 0 Å². The Morgan fingerprint density at radius 2 is 0.922 bits per heavy atom. The molecule has 0 bridgehead atoms. The minimum absolute atomic E-state index is 0. The summed E-state index contributed by atoms with van der Waals surface area (Å²) < 4.78 is 4.27. The number of rotatable bonds is 8. The fourth-order valence-electron chi connectivity index (χ4n) is 9.56. The van der Waals surface area contributed by atoms with Crippen LogP contribution in [-0.2, 0) is 20.3 Å². The van der Waals surface area contributed by atoms with Crippen molar-refractivity contribution < 1.29 is 45.1 Å². The van der Waals surface area contributed by atoms with E-state index in [1.807, 2.05) is 0 Å². The first kappa shape index (κ1) is 36.2. The van der Waals surface area contributed by atoms with E-state index in [2.05, 4.69) is 161 Å². The average Bonchev–Trinajstić information content (AvgIpc) is 3.67. The monoisotopic (exact) mass is 782 g/mol. The number of hydrogen-bond acceptors (Lipinski definition) is 0. The zero-order valence-electron chi connectivity index (χ0n) is 30.1. The van der Waals surface area contributed by atoms with Gasteiger partial charge in [0.15, 0.2) is 0 Å². The zero-order chi connectivity index (χ0) is 33.3. The van der Waals surface area contributed by atoms with Gasteiger partial charge in [0, 0.05) is 0 Å². The molecular weight excluding hydrogens is 739 g/mol. The van der Waals surface area contributed by atoms with Crippen LogP contribution in [0.1, 0.15) is 70.0 Å². The molecule has 1 fully saturated rings. The molecule has 6 aromatic carbocycles. The van der Waals surface area contributed by atoms with Crippen LogP contribution in [0.15, 0.2) is 132 Å². The fraction of sp³-hybridized carbons (Fsp3) is 0.250. The first-order chi connectivity index (χ1) is 24.0. The van der Waals surface area contributed by atoms with Crippen LogP contribution in [0, 0.1) is 11.8 Å². The molecule has 0 nitrogen and oxygen atoms in total. The minimum Gasteiger partial charge on any atom is -1.00 e. The van der Waals surface area contributed by atoms with Crippen molar-refractivity contribution in [1.82, 2.24) is 0 Å². The van der Waals surface area contributed by atoms with E-state index in [9.17, 15) is 0 Å². The summed E-state index contributed by atoms with van der Waals surface area (Å²) >= 11 is -2.89. The first-order valence-corrected chi connectivity index (χ1v) is 25.0. The van der Waals surface area contributed by atoms with Crippen molar-refractivity contribution in [1.29, 1.82) is 0 Å². The molecule has 6 aromatic rings. The quantitative estimate of drug-likeness (QED) is 0.147. The van der Waals surface area contributed by atoms with Gasteiger partial charge in [-0.15, -0.1) is 0 Å². The second-order valence-electron chi connectivity index (χ2n) is 15.2. The topological polar surface area (TPSA) is 0 Å². The summed E-state index contributed by atoms with van der Waals surface area (Å²) in [6.07, 6.45) is 7.77. The van der Waals surface area contributed by atoms with Crippen LogP contribution >= 0.6 is 0 Å². The Bertz CT molecular complexity index is 2170. The second-order valence-corrected chi connectivity index (χ2v) is 26.6. The standard InChI is InChI=1S/2C23H21.C2H4.2ClH.Zr/c2*1-3-16(2)21-14-19-9-6-10-22(23(19)15-21)20-12-11-17-7-4-5-8-18(17)13-20;1-2;;;/h2*4-16H,3H2,1-2H3;1-2H2;2*1H;/q;;;;;+2/p-2. The van der Waals surface area contributed by atoms with E-state index >= 15 is 0 Å². The molecule has 1 aliphatic heterocycles. The molecule has 0 radical (unpaired) electrons. The summed E-state index contributed by atoms with van der Waals surface area (Å²) in [5.41, 5.74) is 15.4. The van der Waals surface area contributed by atoms with Crippen LogP contribution in [0.25, 0.3) is 56.0 Å². The van der Waals surface area contributed by atoms with Gasteiger partial charge in [-0.1, -0.05) is 0 Å². The van der Waals surface area contributed by atoms with Gasteiger partial charge in [-0.05, 0) is 0 Å². The average molecular weight is 785 g/mol. The van der Waals surface area contributed by atoms with E-state index < -0.39 is 20.3 Å². The Labute approximate surface area is 321 Å².